The van der Waals surface area contributed by atoms with Gasteiger partial charge in [-0.1, -0.05) is 26.0 Å². The van der Waals surface area contributed by atoms with E-state index >= 15 is 0 Å². The van der Waals surface area contributed by atoms with E-state index in [0.717, 1.165) is 39.9 Å². The van der Waals surface area contributed by atoms with Crippen LogP contribution in [0.3, 0.4) is 0 Å². The molecule has 1 N–H and O–H groups in total. The molecule has 2 aliphatic heterocycles. The molecule has 0 atom stereocenters. The van der Waals surface area contributed by atoms with Crippen molar-refractivity contribution in [3.8, 4) is 11.4 Å². The van der Waals surface area contributed by atoms with Gasteiger partial charge in [-0.3, -0.25) is 10.2 Å². The van der Waals surface area contributed by atoms with Crippen LogP contribution in [0.25, 0.3) is 11.8 Å². The Balaban J connectivity index is 1.73. The number of thioether (sulfide) groups is 1. The summed E-state index contributed by atoms with van der Waals surface area (Å²) in [5.41, 5.74) is 3.97. The van der Waals surface area contributed by atoms with Crippen LogP contribution in [0.15, 0.2) is 46.0 Å². The Bertz CT molecular complexity index is 1170. The largest absolute Gasteiger partial charge is 0.495 e. The number of nitrogens with zero attached hydrogens (tertiary/aromatic N) is 4. The fourth-order valence-corrected chi connectivity index (χ4v) is 4.83. The quantitative estimate of drug-likeness (QED) is 0.686. The molecule has 2 aromatic rings. The number of nitrogens with one attached hydrogen (secondary N) is 1. The molecule has 0 radical (unpaired) electrons. The lowest BCUT2D eigenvalue weighted by Gasteiger charge is -2.20. The molecule has 1 aromatic heterocycles. The lowest BCUT2D eigenvalue weighted by atomic mass is 10.1. The molecule has 0 unspecified atom stereocenters. The van der Waals surface area contributed by atoms with Crippen molar-refractivity contribution in [3.05, 3.63) is 52.9 Å². The third-order valence-electron chi connectivity index (χ3n) is 5.18. The molecule has 2 aliphatic rings. The first kappa shape index (κ1) is 21.1. The van der Waals surface area contributed by atoms with Gasteiger partial charge in [-0.15, -0.1) is 0 Å². The van der Waals surface area contributed by atoms with Gasteiger partial charge >= 0.3 is 0 Å². The number of rotatable bonds is 5. The molecule has 0 spiro atoms. The first-order valence-electron chi connectivity index (χ1n) is 10.1. The Kier molecular flexibility index (Phi) is 5.58. The molecular weight excluding hydrogens is 410 g/mol. The standard InChI is InChI=1S/C23H25N5O2S/c1-13(2)10-20-26-28-21(24)17(22(29)25-23(28)31-20)12-16-11-14(3)27(15(16)4)18-8-6-7-9-19(18)30-5/h6-9,11-13,24H,10H2,1-5H3/b17-12-,24-21?. The Morgan fingerprint density at radius 3 is 2.71 bits per heavy atom. The minimum Gasteiger partial charge on any atom is -0.495 e. The number of hydrogen-bond acceptors (Lipinski definition) is 5. The van der Waals surface area contributed by atoms with Crippen LogP contribution in [0.2, 0.25) is 0 Å². The third-order valence-corrected chi connectivity index (χ3v) is 6.11. The summed E-state index contributed by atoms with van der Waals surface area (Å²) >= 11 is 1.37. The summed E-state index contributed by atoms with van der Waals surface area (Å²) in [7, 11) is 1.65. The topological polar surface area (TPSA) is 83.0 Å². The highest BCUT2D eigenvalue weighted by Gasteiger charge is 2.35. The zero-order chi connectivity index (χ0) is 22.3. The SMILES string of the molecule is COc1ccccc1-n1c(C)cc(/C=C2/C(=N)N3N=C(CC(C)C)SC3=NC2=O)c1C. The normalized spacial score (nSPS) is 17.4. The second-order valence-electron chi connectivity index (χ2n) is 7.95. The zero-order valence-corrected chi connectivity index (χ0v) is 19.1. The number of carbonyl (C=O) groups excluding carboxylic acids is 1. The van der Waals surface area contributed by atoms with E-state index in [-0.39, 0.29) is 11.4 Å². The highest BCUT2D eigenvalue weighted by Crippen LogP contribution is 2.32. The van der Waals surface area contributed by atoms with E-state index < -0.39 is 5.91 Å². The summed E-state index contributed by atoms with van der Waals surface area (Å²) in [5, 5.41) is 15.9. The van der Waals surface area contributed by atoms with Crippen LogP contribution < -0.4 is 4.74 Å². The minimum absolute atomic E-state index is 0.0587. The Labute approximate surface area is 186 Å². The van der Waals surface area contributed by atoms with E-state index in [2.05, 4.69) is 28.5 Å². The number of aryl methyl sites for hydroxylation is 1. The van der Waals surface area contributed by atoms with Crippen molar-refractivity contribution in [1.82, 2.24) is 9.58 Å². The maximum absolute atomic E-state index is 12.7. The number of hydrazone groups is 1. The number of aromatic nitrogens is 1. The van der Waals surface area contributed by atoms with Crippen molar-refractivity contribution in [1.29, 1.82) is 5.41 Å². The number of methoxy groups -OCH3 is 1. The molecule has 0 fully saturated rings. The first-order valence-corrected chi connectivity index (χ1v) is 10.9. The number of fused-ring (bicyclic) bond motifs is 1. The number of amides is 1. The molecule has 160 valence electrons. The van der Waals surface area contributed by atoms with Gasteiger partial charge in [0.05, 0.1) is 18.4 Å². The summed E-state index contributed by atoms with van der Waals surface area (Å²) in [6, 6.07) is 9.80. The van der Waals surface area contributed by atoms with Gasteiger partial charge in [0.2, 0.25) is 5.17 Å². The van der Waals surface area contributed by atoms with Crippen molar-refractivity contribution >= 4 is 39.8 Å². The van der Waals surface area contributed by atoms with Crippen LogP contribution in [-0.2, 0) is 4.79 Å². The van der Waals surface area contributed by atoms with E-state index in [1.807, 2.05) is 44.2 Å². The zero-order valence-electron chi connectivity index (χ0n) is 18.3. The highest BCUT2D eigenvalue weighted by molar-refractivity contribution is 8.26. The lowest BCUT2D eigenvalue weighted by molar-refractivity contribution is -0.114. The molecule has 4 rings (SSSR count). The Hall–Kier alpha value is -3.13. The molecule has 3 heterocycles. The van der Waals surface area contributed by atoms with Crippen molar-refractivity contribution in [2.45, 2.75) is 34.1 Å². The highest BCUT2D eigenvalue weighted by atomic mass is 32.2. The fraction of sp³-hybridized carbons (Fsp3) is 0.304. The monoisotopic (exact) mass is 435 g/mol. The van der Waals surface area contributed by atoms with Crippen LogP contribution in [0.4, 0.5) is 0 Å². The van der Waals surface area contributed by atoms with Crippen LogP contribution in [0.1, 0.15) is 37.2 Å². The van der Waals surface area contributed by atoms with Crippen LogP contribution in [0, 0.1) is 25.2 Å². The first-order chi connectivity index (χ1) is 14.8. The van der Waals surface area contributed by atoms with E-state index in [0.29, 0.717) is 11.1 Å². The van der Waals surface area contributed by atoms with Gasteiger partial charge in [0.25, 0.3) is 5.91 Å². The molecule has 0 aliphatic carbocycles. The summed E-state index contributed by atoms with van der Waals surface area (Å²) in [4.78, 5) is 16.9. The number of aliphatic imine (C=N–C) groups is 1. The molecule has 1 aromatic carbocycles. The molecule has 0 saturated heterocycles. The summed E-state index contributed by atoms with van der Waals surface area (Å²) in [6.45, 7) is 8.22. The van der Waals surface area contributed by atoms with Gasteiger partial charge in [0, 0.05) is 17.8 Å². The van der Waals surface area contributed by atoms with E-state index in [9.17, 15) is 4.79 Å². The second kappa shape index (κ2) is 8.19. The molecular formula is C23H25N5O2S. The number of hydrogen-bond donors (Lipinski definition) is 1. The number of para-hydroxylation sites is 2. The summed E-state index contributed by atoms with van der Waals surface area (Å²) in [6.07, 6.45) is 2.53. The maximum Gasteiger partial charge on any atom is 0.283 e. The van der Waals surface area contributed by atoms with Gasteiger partial charge in [-0.05, 0) is 61.4 Å². The van der Waals surface area contributed by atoms with Crippen molar-refractivity contribution in [2.24, 2.45) is 16.0 Å². The van der Waals surface area contributed by atoms with Gasteiger partial charge in [-0.2, -0.15) is 15.1 Å². The van der Waals surface area contributed by atoms with Crippen LogP contribution in [0.5, 0.6) is 5.75 Å². The van der Waals surface area contributed by atoms with E-state index in [1.165, 1.54) is 16.8 Å². The van der Waals surface area contributed by atoms with Crippen LogP contribution >= 0.6 is 11.8 Å². The number of carbonyl (C=O) groups is 1. The molecule has 0 bridgehead atoms. The molecule has 0 saturated carbocycles. The van der Waals surface area contributed by atoms with E-state index in [4.69, 9.17) is 10.1 Å². The maximum atomic E-state index is 12.7. The Morgan fingerprint density at radius 1 is 1.26 bits per heavy atom. The predicted octanol–water partition coefficient (Wildman–Crippen LogP) is 4.77. The lowest BCUT2D eigenvalue weighted by Crippen LogP contribution is -2.35. The molecule has 31 heavy (non-hydrogen) atoms. The average Bonchev–Trinajstić information content (AvgIpc) is 3.24. The minimum atomic E-state index is -0.410. The molecule has 8 heteroatoms. The summed E-state index contributed by atoms with van der Waals surface area (Å²) < 4.78 is 7.61. The van der Waals surface area contributed by atoms with Crippen molar-refractivity contribution in [2.75, 3.05) is 7.11 Å². The van der Waals surface area contributed by atoms with Gasteiger partial charge < -0.3 is 9.30 Å². The van der Waals surface area contributed by atoms with Gasteiger partial charge in [0.15, 0.2) is 5.84 Å². The summed E-state index contributed by atoms with van der Waals surface area (Å²) in [5.74, 6) is 0.851. The molecule has 7 nitrogen and oxygen atoms in total. The van der Waals surface area contributed by atoms with Gasteiger partial charge in [0.1, 0.15) is 10.8 Å². The smallest absolute Gasteiger partial charge is 0.283 e. The van der Waals surface area contributed by atoms with Crippen molar-refractivity contribution in [3.63, 3.8) is 0 Å². The predicted molar refractivity (Wildman–Crippen MR) is 126 cm³/mol. The number of ether oxygens (including phenoxy) is 1. The average molecular weight is 436 g/mol. The Morgan fingerprint density at radius 2 is 2.00 bits per heavy atom. The van der Waals surface area contributed by atoms with E-state index in [1.54, 1.807) is 13.2 Å². The molecule has 1 amide bonds. The second-order valence-corrected chi connectivity index (χ2v) is 8.99. The third kappa shape index (κ3) is 3.83. The van der Waals surface area contributed by atoms with Crippen molar-refractivity contribution < 1.29 is 9.53 Å². The van der Waals surface area contributed by atoms with Crippen LogP contribution in [-0.4, -0.2) is 38.6 Å². The number of benzene rings is 1. The van der Waals surface area contributed by atoms with Gasteiger partial charge in [-0.25, -0.2) is 0 Å². The number of amidine groups is 2. The fourth-order valence-electron chi connectivity index (χ4n) is 3.74.